The fourth-order valence-corrected chi connectivity index (χ4v) is 3.24. The van der Waals surface area contributed by atoms with E-state index in [4.69, 9.17) is 11.6 Å². The molecule has 1 aliphatic rings. The van der Waals surface area contributed by atoms with Crippen molar-refractivity contribution in [1.29, 1.82) is 0 Å². The second-order valence-electron chi connectivity index (χ2n) is 6.11. The third-order valence-corrected chi connectivity index (χ3v) is 4.61. The zero-order valence-corrected chi connectivity index (χ0v) is 14.4. The molecule has 1 aliphatic carbocycles. The molecule has 0 atom stereocenters. The van der Waals surface area contributed by atoms with Gasteiger partial charge in [-0.2, -0.15) is 0 Å². The van der Waals surface area contributed by atoms with Gasteiger partial charge in [0.05, 0.1) is 5.56 Å². The van der Waals surface area contributed by atoms with Crippen molar-refractivity contribution in [3.8, 4) is 11.4 Å². The molecular weight excluding hydrogens is 339 g/mol. The lowest BCUT2D eigenvalue weighted by molar-refractivity contribution is 0.630. The molecule has 0 spiro atoms. The first-order valence-electron chi connectivity index (χ1n) is 8.14. The van der Waals surface area contributed by atoms with Gasteiger partial charge in [0.1, 0.15) is 11.6 Å². The number of benzene rings is 1. The number of aromatic nitrogens is 3. The Balaban J connectivity index is 1.83. The molecular formula is C19H16ClFN4. The van der Waals surface area contributed by atoms with Crippen molar-refractivity contribution in [3.63, 3.8) is 0 Å². The van der Waals surface area contributed by atoms with E-state index in [9.17, 15) is 4.39 Å². The van der Waals surface area contributed by atoms with Crippen molar-refractivity contribution in [2.75, 3.05) is 5.32 Å². The number of hydrogen-bond acceptors (Lipinski definition) is 4. The second kappa shape index (κ2) is 6.41. The van der Waals surface area contributed by atoms with E-state index in [1.54, 1.807) is 18.5 Å². The molecule has 126 valence electrons. The van der Waals surface area contributed by atoms with Crippen LogP contribution in [-0.4, -0.2) is 15.0 Å². The summed E-state index contributed by atoms with van der Waals surface area (Å²) in [5, 5.41) is 3.83. The Labute approximate surface area is 150 Å². The molecule has 0 radical (unpaired) electrons. The third-order valence-electron chi connectivity index (χ3n) is 4.38. The largest absolute Gasteiger partial charge is 0.340 e. The first-order chi connectivity index (χ1) is 12.1. The first-order valence-corrected chi connectivity index (χ1v) is 8.52. The Kier molecular flexibility index (Phi) is 4.09. The molecule has 0 aliphatic heterocycles. The molecule has 2 heterocycles. The highest BCUT2D eigenvalue weighted by Gasteiger charge is 2.21. The third kappa shape index (κ3) is 3.07. The summed E-state index contributed by atoms with van der Waals surface area (Å²) >= 11 is 6.03. The molecule has 0 saturated carbocycles. The average molecular weight is 355 g/mol. The Morgan fingerprint density at radius 1 is 1.16 bits per heavy atom. The molecule has 0 amide bonds. The van der Waals surface area contributed by atoms with Gasteiger partial charge in [0.2, 0.25) is 0 Å². The summed E-state index contributed by atoms with van der Waals surface area (Å²) in [5.74, 6) is 0.703. The highest BCUT2D eigenvalue weighted by atomic mass is 35.5. The normalized spacial score (nSPS) is 12.9. The molecule has 0 bridgehead atoms. The summed E-state index contributed by atoms with van der Waals surface area (Å²) in [6.07, 6.45) is 6.34. The number of fused-ring (bicyclic) bond motifs is 1. The van der Waals surface area contributed by atoms with Crippen molar-refractivity contribution in [1.82, 2.24) is 15.0 Å². The molecule has 0 fully saturated rings. The van der Waals surface area contributed by atoms with E-state index in [0.29, 0.717) is 16.4 Å². The van der Waals surface area contributed by atoms with Crippen LogP contribution in [0.5, 0.6) is 0 Å². The van der Waals surface area contributed by atoms with Gasteiger partial charge in [-0.15, -0.1) is 0 Å². The zero-order valence-electron chi connectivity index (χ0n) is 13.7. The number of hydrogen-bond donors (Lipinski definition) is 1. The van der Waals surface area contributed by atoms with Crippen LogP contribution in [0.3, 0.4) is 0 Å². The van der Waals surface area contributed by atoms with E-state index in [1.165, 1.54) is 12.1 Å². The van der Waals surface area contributed by atoms with Crippen LogP contribution in [0.2, 0.25) is 5.02 Å². The van der Waals surface area contributed by atoms with Crippen molar-refractivity contribution in [3.05, 3.63) is 64.3 Å². The van der Waals surface area contributed by atoms with E-state index in [-0.39, 0.29) is 5.82 Å². The minimum atomic E-state index is -0.381. The van der Waals surface area contributed by atoms with Crippen LogP contribution < -0.4 is 5.32 Å². The standard InChI is InChI=1S/C19H16ClFN4/c1-11-10-22-8-7-16(11)23-18-13-3-2-4-17(13)24-19(25-18)14-9-12(20)5-6-15(14)21/h5-10H,2-4H2,1H3,(H,22,23,24,25). The van der Waals surface area contributed by atoms with Crippen LogP contribution in [-0.2, 0) is 12.8 Å². The molecule has 0 unspecified atom stereocenters. The number of halogens is 2. The minimum absolute atomic E-state index is 0.316. The van der Waals surface area contributed by atoms with Gasteiger partial charge in [-0.25, -0.2) is 14.4 Å². The molecule has 25 heavy (non-hydrogen) atoms. The summed E-state index contributed by atoms with van der Waals surface area (Å²) in [4.78, 5) is 13.3. The maximum Gasteiger partial charge on any atom is 0.164 e. The highest BCUT2D eigenvalue weighted by molar-refractivity contribution is 6.30. The van der Waals surface area contributed by atoms with Gasteiger partial charge < -0.3 is 5.32 Å². The lowest BCUT2D eigenvalue weighted by Crippen LogP contribution is -2.05. The quantitative estimate of drug-likeness (QED) is 0.728. The number of aryl methyl sites for hydroxylation is 2. The molecule has 2 aromatic heterocycles. The number of nitrogens with one attached hydrogen (secondary N) is 1. The maximum absolute atomic E-state index is 14.3. The number of rotatable bonds is 3. The van der Waals surface area contributed by atoms with Gasteiger partial charge in [0, 0.05) is 34.4 Å². The van der Waals surface area contributed by atoms with Crippen LogP contribution in [0, 0.1) is 12.7 Å². The van der Waals surface area contributed by atoms with Gasteiger partial charge in [-0.3, -0.25) is 4.98 Å². The predicted octanol–water partition coefficient (Wildman–Crippen LogP) is 4.87. The van der Waals surface area contributed by atoms with Crippen molar-refractivity contribution in [2.45, 2.75) is 26.2 Å². The Morgan fingerprint density at radius 3 is 2.88 bits per heavy atom. The number of anilines is 2. The van der Waals surface area contributed by atoms with Crippen LogP contribution in [0.15, 0.2) is 36.7 Å². The number of nitrogens with zero attached hydrogens (tertiary/aromatic N) is 3. The van der Waals surface area contributed by atoms with Gasteiger partial charge in [-0.05, 0) is 56.0 Å². The lowest BCUT2D eigenvalue weighted by Gasteiger charge is -2.14. The summed E-state index contributed by atoms with van der Waals surface area (Å²) in [6.45, 7) is 1.98. The van der Waals surface area contributed by atoms with E-state index < -0.39 is 0 Å². The lowest BCUT2D eigenvalue weighted by atomic mass is 10.1. The molecule has 6 heteroatoms. The van der Waals surface area contributed by atoms with Crippen LogP contribution >= 0.6 is 11.6 Å². The topological polar surface area (TPSA) is 50.7 Å². The molecule has 4 nitrogen and oxygen atoms in total. The molecule has 1 aromatic carbocycles. The summed E-state index contributed by atoms with van der Waals surface area (Å²) in [6, 6.07) is 6.33. The Bertz CT molecular complexity index is 958. The maximum atomic E-state index is 14.3. The Hall–Kier alpha value is -2.53. The van der Waals surface area contributed by atoms with Gasteiger partial charge in [-0.1, -0.05) is 11.6 Å². The van der Waals surface area contributed by atoms with Crippen molar-refractivity contribution >= 4 is 23.1 Å². The molecule has 4 rings (SSSR count). The fraction of sp³-hybridized carbons (Fsp3) is 0.211. The molecule has 1 N–H and O–H groups in total. The first kappa shape index (κ1) is 16.0. The SMILES string of the molecule is Cc1cnccc1Nc1nc(-c2cc(Cl)ccc2F)nc2c1CCC2. The van der Waals surface area contributed by atoms with E-state index >= 15 is 0 Å². The van der Waals surface area contributed by atoms with Gasteiger partial charge in [0.15, 0.2) is 5.82 Å². The number of pyridine rings is 1. The summed E-state index contributed by atoms with van der Waals surface area (Å²) in [5.41, 5.74) is 4.33. The highest BCUT2D eigenvalue weighted by Crippen LogP contribution is 2.32. The minimum Gasteiger partial charge on any atom is -0.340 e. The molecule has 3 aromatic rings. The second-order valence-corrected chi connectivity index (χ2v) is 6.55. The van der Waals surface area contributed by atoms with Crippen molar-refractivity contribution < 1.29 is 4.39 Å². The Morgan fingerprint density at radius 2 is 2.04 bits per heavy atom. The summed E-state index contributed by atoms with van der Waals surface area (Å²) < 4.78 is 14.3. The van der Waals surface area contributed by atoms with Crippen LogP contribution in [0.25, 0.3) is 11.4 Å². The van der Waals surface area contributed by atoms with Crippen LogP contribution in [0.1, 0.15) is 23.2 Å². The molecule has 0 saturated heterocycles. The smallest absolute Gasteiger partial charge is 0.164 e. The van der Waals surface area contributed by atoms with Crippen molar-refractivity contribution in [2.24, 2.45) is 0 Å². The summed E-state index contributed by atoms with van der Waals surface area (Å²) in [7, 11) is 0. The van der Waals surface area contributed by atoms with E-state index in [0.717, 1.165) is 47.6 Å². The predicted molar refractivity (Wildman–Crippen MR) is 96.7 cm³/mol. The zero-order chi connectivity index (χ0) is 17.4. The fourth-order valence-electron chi connectivity index (χ4n) is 3.07. The monoisotopic (exact) mass is 354 g/mol. The van der Waals surface area contributed by atoms with Gasteiger partial charge in [0.25, 0.3) is 0 Å². The van der Waals surface area contributed by atoms with Gasteiger partial charge >= 0.3 is 0 Å². The van der Waals surface area contributed by atoms with E-state index in [2.05, 4.69) is 20.3 Å². The van der Waals surface area contributed by atoms with E-state index in [1.807, 2.05) is 13.0 Å². The average Bonchev–Trinajstić information content (AvgIpc) is 3.08. The van der Waals surface area contributed by atoms with Crippen LogP contribution in [0.4, 0.5) is 15.9 Å².